The fourth-order valence-corrected chi connectivity index (χ4v) is 15.0. The van der Waals surface area contributed by atoms with E-state index in [0.717, 1.165) is 0 Å². The molecule has 4 nitrogen and oxygen atoms in total. The van der Waals surface area contributed by atoms with Gasteiger partial charge in [-0.3, -0.25) is 0 Å². The number of rotatable bonds is 4. The van der Waals surface area contributed by atoms with Crippen molar-refractivity contribution in [3.8, 4) is 33.6 Å². The summed E-state index contributed by atoms with van der Waals surface area (Å²) in [5, 5.41) is 15.5. The van der Waals surface area contributed by atoms with Crippen LogP contribution in [0.25, 0.3) is 153 Å². The lowest BCUT2D eigenvalue weighted by molar-refractivity contribution is 0.591. The highest BCUT2D eigenvalue weighted by Crippen LogP contribution is 2.52. The van der Waals surface area contributed by atoms with E-state index in [-0.39, 0.29) is 21.7 Å². The van der Waals surface area contributed by atoms with Crippen molar-refractivity contribution in [2.75, 3.05) is 0 Å². The lowest BCUT2D eigenvalue weighted by atomic mass is 9.82. The number of hydrogen-bond acceptors (Lipinski definition) is 0. The highest BCUT2D eigenvalue weighted by Gasteiger charge is 2.31. The molecule has 0 saturated carbocycles. The van der Waals surface area contributed by atoms with Crippen LogP contribution in [0.2, 0.25) is 0 Å². The fraction of sp³-hybridized carbons (Fsp3) is 0.195. The SMILES string of the molecule is CC(C)(C)c1cc(-c2ccc3c(c2)c2ccccc2n3-c2ccccc2)c2c(c1)c1cc(C(C)(C)C)cc3c4cc5c(cc4n2c31)c1cc(C(C)(C)C)cc2c3cc(C(C)(C)C)cc(-c4ccc6c(c4)c4ccccc4n6-c4ccccc4)c3n5c12. The third-order valence-electron chi connectivity index (χ3n) is 19.6. The van der Waals surface area contributed by atoms with Crippen molar-refractivity contribution in [1.29, 1.82) is 0 Å². The Bertz CT molecular complexity index is 5350. The van der Waals surface area contributed by atoms with Crippen molar-refractivity contribution < 1.29 is 0 Å². The summed E-state index contributed by atoms with van der Waals surface area (Å²) in [6.45, 7) is 28.5. The van der Waals surface area contributed by atoms with Crippen LogP contribution in [0, 0.1) is 0 Å². The summed E-state index contributed by atoms with van der Waals surface area (Å²) in [5.41, 5.74) is 24.7. The highest BCUT2D eigenvalue weighted by atomic mass is 15.0. The van der Waals surface area contributed by atoms with E-state index in [4.69, 9.17) is 0 Å². The largest absolute Gasteiger partial charge is 0.309 e. The quantitative estimate of drug-likeness (QED) is 0.167. The maximum Gasteiger partial charge on any atom is 0.0620 e. The van der Waals surface area contributed by atoms with Crippen molar-refractivity contribution in [3.05, 3.63) is 229 Å². The van der Waals surface area contributed by atoms with Gasteiger partial charge in [-0.05, 0) is 176 Å². The number of hydrogen-bond donors (Lipinski definition) is 0. The predicted octanol–water partition coefficient (Wildman–Crippen LogP) is 22.7. The minimum Gasteiger partial charge on any atom is -0.309 e. The van der Waals surface area contributed by atoms with E-state index < -0.39 is 0 Å². The van der Waals surface area contributed by atoms with Crippen LogP contribution >= 0.6 is 0 Å². The molecular formula is C82H70N4. The monoisotopic (exact) mass is 1110 g/mol. The molecule has 0 unspecified atom stereocenters. The van der Waals surface area contributed by atoms with Gasteiger partial charge in [-0.25, -0.2) is 0 Å². The molecule has 86 heavy (non-hydrogen) atoms. The molecule has 0 radical (unpaired) electrons. The van der Waals surface area contributed by atoms with Gasteiger partial charge < -0.3 is 17.9 Å². The summed E-state index contributed by atoms with van der Waals surface area (Å²) < 4.78 is 10.2. The van der Waals surface area contributed by atoms with Crippen LogP contribution in [-0.4, -0.2) is 17.9 Å². The summed E-state index contributed by atoms with van der Waals surface area (Å²) in [7, 11) is 0. The summed E-state index contributed by atoms with van der Waals surface area (Å²) in [4.78, 5) is 0. The molecule has 0 fully saturated rings. The summed E-state index contributed by atoms with van der Waals surface area (Å²) in [6.07, 6.45) is 0. The normalized spacial score (nSPS) is 13.3. The van der Waals surface area contributed by atoms with E-state index in [9.17, 15) is 0 Å². The summed E-state index contributed by atoms with van der Waals surface area (Å²) in [6, 6.07) is 79.4. The van der Waals surface area contributed by atoms with Gasteiger partial charge >= 0.3 is 0 Å². The van der Waals surface area contributed by atoms with E-state index >= 15 is 0 Å². The molecule has 17 rings (SSSR count). The fourth-order valence-electron chi connectivity index (χ4n) is 15.0. The van der Waals surface area contributed by atoms with Crippen molar-refractivity contribution in [2.45, 2.75) is 105 Å². The Morgan fingerprint density at radius 2 is 0.512 bits per heavy atom. The van der Waals surface area contributed by atoms with Gasteiger partial charge in [0.05, 0.1) is 55.2 Å². The Morgan fingerprint density at radius 1 is 0.221 bits per heavy atom. The van der Waals surface area contributed by atoms with Gasteiger partial charge in [-0.1, -0.05) is 168 Å². The van der Waals surface area contributed by atoms with Gasteiger partial charge in [0.15, 0.2) is 0 Å². The summed E-state index contributed by atoms with van der Waals surface area (Å²) >= 11 is 0. The van der Waals surface area contributed by atoms with Crippen molar-refractivity contribution in [3.63, 3.8) is 0 Å². The van der Waals surface area contributed by atoms with E-state index in [2.05, 4.69) is 307 Å². The van der Waals surface area contributed by atoms with Crippen molar-refractivity contribution >= 4 is 120 Å². The molecule has 0 amide bonds. The predicted molar refractivity (Wildman–Crippen MR) is 370 cm³/mol. The average molecular weight is 1110 g/mol. The van der Waals surface area contributed by atoms with E-state index in [0.29, 0.717) is 0 Å². The lowest BCUT2D eigenvalue weighted by Gasteiger charge is -2.22. The Labute approximate surface area is 501 Å². The van der Waals surface area contributed by atoms with Crippen molar-refractivity contribution in [1.82, 2.24) is 17.9 Å². The first-order chi connectivity index (χ1) is 41.2. The smallest absolute Gasteiger partial charge is 0.0620 e. The molecular weight excluding hydrogens is 1040 g/mol. The van der Waals surface area contributed by atoms with Gasteiger partial charge in [-0.2, -0.15) is 0 Å². The number of benzene rings is 11. The molecule has 418 valence electrons. The van der Waals surface area contributed by atoms with Crippen LogP contribution in [0.15, 0.2) is 206 Å². The molecule has 17 aromatic rings. The number of para-hydroxylation sites is 4. The molecule has 0 aliphatic carbocycles. The van der Waals surface area contributed by atoms with Crippen molar-refractivity contribution in [2.24, 2.45) is 0 Å². The molecule has 4 heteroatoms. The van der Waals surface area contributed by atoms with Crippen LogP contribution in [0.5, 0.6) is 0 Å². The second kappa shape index (κ2) is 17.2. The second-order valence-corrected chi connectivity index (χ2v) is 29.1. The molecule has 0 saturated heterocycles. The molecule has 0 bridgehead atoms. The standard InChI is InChI=1S/C82H70N4/c1-79(2,3)49-37-57(47-31-33-71-59(35-47)55-27-19-21-29-69(55)83(71)53-23-15-13-16-24-53)75-65(41-49)67-43-51(81(7,8)9)39-63-61-46-74-62(45-73(61)85(75)77(63)67)64-40-52(82(10,11)12)44-68-66-42-50(80(4,5)6)38-58(76(66)86(74)78(64)68)48-32-34-72-60(36-48)56-28-20-22-30-70(56)84(72)54-25-17-14-18-26-54/h13-46H,1-12H3. The molecule has 0 aliphatic rings. The molecule has 0 aliphatic heterocycles. The Balaban J connectivity index is 1.01. The molecule has 6 heterocycles. The first kappa shape index (κ1) is 51.1. The number of aromatic nitrogens is 4. The minimum atomic E-state index is -0.100. The topological polar surface area (TPSA) is 18.7 Å². The highest BCUT2D eigenvalue weighted by molar-refractivity contribution is 6.31. The number of fused-ring (bicyclic) bond motifs is 18. The van der Waals surface area contributed by atoms with Crippen LogP contribution < -0.4 is 0 Å². The van der Waals surface area contributed by atoms with Crippen LogP contribution in [-0.2, 0) is 21.7 Å². The average Bonchev–Trinajstić information content (AvgIpc) is 1.52. The Morgan fingerprint density at radius 3 is 0.872 bits per heavy atom. The third-order valence-corrected chi connectivity index (χ3v) is 19.6. The zero-order valence-electron chi connectivity index (χ0n) is 51.4. The molecule has 0 N–H and O–H groups in total. The van der Waals surface area contributed by atoms with Crippen LogP contribution in [0.3, 0.4) is 0 Å². The van der Waals surface area contributed by atoms with Gasteiger partial charge in [0.25, 0.3) is 0 Å². The van der Waals surface area contributed by atoms with Gasteiger partial charge in [-0.15, -0.1) is 0 Å². The zero-order valence-corrected chi connectivity index (χ0v) is 51.4. The third kappa shape index (κ3) is 7.10. The van der Waals surface area contributed by atoms with E-state index in [1.807, 2.05) is 0 Å². The first-order valence-corrected chi connectivity index (χ1v) is 30.9. The first-order valence-electron chi connectivity index (χ1n) is 30.9. The zero-order chi connectivity index (χ0) is 58.8. The minimum absolute atomic E-state index is 0.0996. The Kier molecular flexibility index (Phi) is 10.2. The molecule has 0 spiro atoms. The van der Waals surface area contributed by atoms with E-state index in [1.165, 1.54) is 176 Å². The van der Waals surface area contributed by atoms with Gasteiger partial charge in [0.1, 0.15) is 0 Å². The van der Waals surface area contributed by atoms with Crippen LogP contribution in [0.4, 0.5) is 0 Å². The molecule has 11 aromatic carbocycles. The summed E-state index contributed by atoms with van der Waals surface area (Å²) in [5.74, 6) is 0. The maximum atomic E-state index is 2.68. The van der Waals surface area contributed by atoms with Gasteiger partial charge in [0, 0.05) is 87.1 Å². The lowest BCUT2D eigenvalue weighted by Crippen LogP contribution is -2.11. The van der Waals surface area contributed by atoms with Gasteiger partial charge in [0.2, 0.25) is 0 Å². The maximum absolute atomic E-state index is 2.68. The molecule has 6 aromatic heterocycles. The van der Waals surface area contributed by atoms with Crippen LogP contribution in [0.1, 0.15) is 105 Å². The Hall–Kier alpha value is -9.38. The number of nitrogens with zero attached hydrogens (tertiary/aromatic N) is 4. The molecule has 0 atom stereocenters. The second-order valence-electron chi connectivity index (χ2n) is 29.1. The van der Waals surface area contributed by atoms with E-state index in [1.54, 1.807) is 0 Å².